The molecule has 1 heterocycles. The molecule has 1 aliphatic heterocycles. The quantitative estimate of drug-likeness (QED) is 0.858. The van der Waals surface area contributed by atoms with Crippen molar-refractivity contribution in [2.45, 2.75) is 25.7 Å². The number of rotatable bonds is 6. The Balaban J connectivity index is 1.72. The molecule has 0 spiro atoms. The molecule has 5 heteroatoms. The number of nitrogens with zero attached hydrogens (tertiary/aromatic N) is 2. The van der Waals surface area contributed by atoms with E-state index in [2.05, 4.69) is 17.3 Å². The molecule has 1 aromatic carbocycles. The van der Waals surface area contributed by atoms with Crippen molar-refractivity contribution in [1.82, 2.24) is 10.2 Å². The standard InChI is InChI=1S/C16H23N3O2/c1-13(9-17)21-15-5-3-14(4-6-15)10-18-11-16-12-19(2)7-8-20-16/h3-6,13,16,18H,7-8,10-12H2,1-2H3/t13-,16+/m1/s1. The van der Waals surface area contributed by atoms with Crippen LogP contribution in [0.3, 0.4) is 0 Å². The van der Waals surface area contributed by atoms with Crippen LogP contribution in [0, 0.1) is 11.3 Å². The predicted molar refractivity (Wildman–Crippen MR) is 81.1 cm³/mol. The first-order valence-electron chi connectivity index (χ1n) is 7.33. The minimum Gasteiger partial charge on any atom is -0.476 e. The smallest absolute Gasteiger partial charge is 0.181 e. The van der Waals surface area contributed by atoms with E-state index in [1.165, 1.54) is 5.56 Å². The van der Waals surface area contributed by atoms with Crippen LogP contribution in [0.4, 0.5) is 0 Å². The molecule has 1 N–H and O–H groups in total. The van der Waals surface area contributed by atoms with Crippen LogP contribution in [0.5, 0.6) is 5.75 Å². The van der Waals surface area contributed by atoms with Crippen molar-refractivity contribution < 1.29 is 9.47 Å². The first-order valence-corrected chi connectivity index (χ1v) is 7.33. The zero-order valence-corrected chi connectivity index (χ0v) is 12.7. The Bertz CT molecular complexity index is 469. The van der Waals surface area contributed by atoms with E-state index in [-0.39, 0.29) is 6.10 Å². The second-order valence-electron chi connectivity index (χ2n) is 5.42. The predicted octanol–water partition coefficient (Wildman–Crippen LogP) is 1.40. The highest BCUT2D eigenvalue weighted by Crippen LogP contribution is 2.13. The third-order valence-electron chi connectivity index (χ3n) is 3.46. The molecule has 1 aliphatic rings. The van der Waals surface area contributed by atoms with Crippen LogP contribution in [0.2, 0.25) is 0 Å². The number of nitriles is 1. The van der Waals surface area contributed by atoms with Gasteiger partial charge < -0.3 is 19.7 Å². The summed E-state index contributed by atoms with van der Waals surface area (Å²) in [6, 6.07) is 9.88. The van der Waals surface area contributed by atoms with Gasteiger partial charge in [0.05, 0.1) is 12.7 Å². The number of benzene rings is 1. The van der Waals surface area contributed by atoms with Gasteiger partial charge in [-0.25, -0.2) is 0 Å². The van der Waals surface area contributed by atoms with Gasteiger partial charge in [-0.3, -0.25) is 0 Å². The van der Waals surface area contributed by atoms with E-state index >= 15 is 0 Å². The lowest BCUT2D eigenvalue weighted by atomic mass is 10.2. The van der Waals surface area contributed by atoms with Crippen molar-refractivity contribution >= 4 is 0 Å². The molecule has 1 aromatic rings. The summed E-state index contributed by atoms with van der Waals surface area (Å²) in [7, 11) is 2.12. The van der Waals surface area contributed by atoms with Crippen LogP contribution in [0.15, 0.2) is 24.3 Å². The Morgan fingerprint density at radius 2 is 2.24 bits per heavy atom. The van der Waals surface area contributed by atoms with Crippen LogP contribution in [0.25, 0.3) is 0 Å². The van der Waals surface area contributed by atoms with Crippen LogP contribution in [0.1, 0.15) is 12.5 Å². The van der Waals surface area contributed by atoms with Crippen LogP contribution >= 0.6 is 0 Å². The average molecular weight is 289 g/mol. The normalized spacial score (nSPS) is 20.7. The van der Waals surface area contributed by atoms with Crippen molar-refractivity contribution in [2.75, 3.05) is 33.3 Å². The van der Waals surface area contributed by atoms with Gasteiger partial charge in [-0.05, 0) is 31.7 Å². The Morgan fingerprint density at radius 1 is 1.48 bits per heavy atom. The third-order valence-corrected chi connectivity index (χ3v) is 3.46. The topological polar surface area (TPSA) is 57.5 Å². The number of nitrogens with one attached hydrogen (secondary N) is 1. The molecule has 0 bridgehead atoms. The Kier molecular flexibility index (Phi) is 6.00. The number of morpholine rings is 1. The zero-order valence-electron chi connectivity index (χ0n) is 12.7. The second-order valence-corrected chi connectivity index (χ2v) is 5.42. The minimum absolute atomic E-state index is 0.267. The van der Waals surface area contributed by atoms with Gasteiger partial charge >= 0.3 is 0 Å². The summed E-state index contributed by atoms with van der Waals surface area (Å²) in [5.74, 6) is 0.727. The third kappa shape index (κ3) is 5.35. The lowest BCUT2D eigenvalue weighted by Crippen LogP contribution is -2.44. The van der Waals surface area contributed by atoms with E-state index in [1.807, 2.05) is 30.3 Å². The fourth-order valence-corrected chi connectivity index (χ4v) is 2.28. The van der Waals surface area contributed by atoms with Crippen molar-refractivity contribution in [3.63, 3.8) is 0 Å². The highest BCUT2D eigenvalue weighted by atomic mass is 16.5. The minimum atomic E-state index is -0.422. The monoisotopic (exact) mass is 289 g/mol. The molecule has 1 saturated heterocycles. The summed E-state index contributed by atoms with van der Waals surface area (Å²) in [5, 5.41) is 12.1. The fourth-order valence-electron chi connectivity index (χ4n) is 2.28. The molecule has 1 fully saturated rings. The maximum absolute atomic E-state index is 8.71. The SMILES string of the molecule is C[C@H](C#N)Oc1ccc(CNC[C@H]2CN(C)CCO2)cc1. The molecule has 2 atom stereocenters. The van der Waals surface area contributed by atoms with E-state index in [0.29, 0.717) is 0 Å². The zero-order chi connectivity index (χ0) is 15.1. The van der Waals surface area contributed by atoms with E-state index in [9.17, 15) is 0 Å². The summed E-state index contributed by atoms with van der Waals surface area (Å²) >= 11 is 0. The maximum Gasteiger partial charge on any atom is 0.181 e. The largest absolute Gasteiger partial charge is 0.476 e. The second kappa shape index (κ2) is 7.99. The van der Waals surface area contributed by atoms with Gasteiger partial charge in [0.25, 0.3) is 0 Å². The number of likely N-dealkylation sites (N-methyl/N-ethyl adjacent to an activating group) is 1. The molecular weight excluding hydrogens is 266 g/mol. The molecule has 114 valence electrons. The number of ether oxygens (including phenoxy) is 2. The molecule has 21 heavy (non-hydrogen) atoms. The number of hydrogen-bond donors (Lipinski definition) is 1. The Morgan fingerprint density at radius 3 is 2.90 bits per heavy atom. The molecule has 0 aromatic heterocycles. The summed E-state index contributed by atoms with van der Waals surface area (Å²) in [5.41, 5.74) is 1.19. The lowest BCUT2D eigenvalue weighted by Gasteiger charge is -2.30. The molecule has 0 saturated carbocycles. The summed E-state index contributed by atoms with van der Waals surface area (Å²) in [4.78, 5) is 2.29. The van der Waals surface area contributed by atoms with Crippen molar-refractivity contribution in [2.24, 2.45) is 0 Å². The van der Waals surface area contributed by atoms with Crippen LogP contribution in [-0.2, 0) is 11.3 Å². The summed E-state index contributed by atoms with van der Waals surface area (Å²) in [6.07, 6.45) is -0.155. The van der Waals surface area contributed by atoms with E-state index in [0.717, 1.165) is 38.5 Å². The van der Waals surface area contributed by atoms with Gasteiger partial charge in [-0.2, -0.15) is 5.26 Å². The highest BCUT2D eigenvalue weighted by molar-refractivity contribution is 5.27. The van der Waals surface area contributed by atoms with E-state index < -0.39 is 6.10 Å². The molecule has 0 aliphatic carbocycles. The van der Waals surface area contributed by atoms with Gasteiger partial charge in [0.2, 0.25) is 0 Å². The summed E-state index contributed by atoms with van der Waals surface area (Å²) < 4.78 is 11.1. The van der Waals surface area contributed by atoms with Gasteiger partial charge in [0.1, 0.15) is 11.8 Å². The highest BCUT2D eigenvalue weighted by Gasteiger charge is 2.16. The van der Waals surface area contributed by atoms with Crippen molar-refractivity contribution in [3.8, 4) is 11.8 Å². The maximum atomic E-state index is 8.71. The van der Waals surface area contributed by atoms with Crippen LogP contribution < -0.4 is 10.1 Å². The van der Waals surface area contributed by atoms with Gasteiger partial charge in [0, 0.05) is 26.2 Å². The molecule has 0 amide bonds. The lowest BCUT2D eigenvalue weighted by molar-refractivity contribution is -0.0182. The fraction of sp³-hybridized carbons (Fsp3) is 0.562. The van der Waals surface area contributed by atoms with Crippen molar-refractivity contribution in [3.05, 3.63) is 29.8 Å². The average Bonchev–Trinajstić information content (AvgIpc) is 2.49. The van der Waals surface area contributed by atoms with Crippen molar-refractivity contribution in [1.29, 1.82) is 5.26 Å². The van der Waals surface area contributed by atoms with Gasteiger partial charge in [0.15, 0.2) is 6.10 Å². The Labute approximate surface area is 126 Å². The first kappa shape index (κ1) is 15.8. The Hall–Kier alpha value is -1.61. The van der Waals surface area contributed by atoms with E-state index in [4.69, 9.17) is 14.7 Å². The molecule has 0 radical (unpaired) electrons. The molecule has 2 rings (SSSR count). The van der Waals surface area contributed by atoms with E-state index in [1.54, 1.807) is 6.92 Å². The van der Waals surface area contributed by atoms with Gasteiger partial charge in [-0.1, -0.05) is 12.1 Å². The molecule has 0 unspecified atom stereocenters. The first-order chi connectivity index (χ1) is 10.2. The molecule has 5 nitrogen and oxygen atoms in total. The number of hydrogen-bond acceptors (Lipinski definition) is 5. The summed E-state index contributed by atoms with van der Waals surface area (Å²) in [6.45, 7) is 6.19. The van der Waals surface area contributed by atoms with Crippen LogP contribution in [-0.4, -0.2) is 50.4 Å². The molecular formula is C16H23N3O2. The van der Waals surface area contributed by atoms with Gasteiger partial charge in [-0.15, -0.1) is 0 Å².